The van der Waals surface area contributed by atoms with Gasteiger partial charge in [-0.25, -0.2) is 0 Å². The second-order valence-corrected chi connectivity index (χ2v) is 16.6. The molecule has 0 aromatic carbocycles. The average molecular weight is 545 g/mol. The lowest BCUT2D eigenvalue weighted by Crippen LogP contribution is -2.70. The highest BCUT2D eigenvalue weighted by atomic mass is 16.5. The van der Waals surface area contributed by atoms with Crippen molar-refractivity contribution in [1.82, 2.24) is 0 Å². The zero-order valence-electron chi connectivity index (χ0n) is 26.5. The molecule has 5 aliphatic rings. The molecule has 0 saturated heterocycles. The smallest absolute Gasteiger partial charge is 0.302 e. The molecule has 222 valence electrons. The van der Waals surface area contributed by atoms with Crippen molar-refractivity contribution >= 4 is 11.9 Å². The topological polar surface area (TPSA) is 72.8 Å². The van der Waals surface area contributed by atoms with Gasteiger partial charge in [-0.3, -0.25) is 9.59 Å². The number of ether oxygens (including phenoxy) is 2. The highest BCUT2D eigenvalue weighted by molar-refractivity contribution is 5.66. The van der Waals surface area contributed by atoms with Gasteiger partial charge < -0.3 is 14.6 Å². The first-order valence-corrected chi connectivity index (χ1v) is 15.9. The van der Waals surface area contributed by atoms with E-state index in [1.165, 1.54) is 12.8 Å². The molecule has 0 heterocycles. The van der Waals surface area contributed by atoms with Crippen LogP contribution in [0.3, 0.4) is 0 Å². The number of hydrogen-bond donors (Lipinski definition) is 1. The number of aliphatic hydroxyl groups is 1. The van der Waals surface area contributed by atoms with Crippen LogP contribution in [0.4, 0.5) is 0 Å². The summed E-state index contributed by atoms with van der Waals surface area (Å²) < 4.78 is 12.2. The zero-order chi connectivity index (χ0) is 29.0. The van der Waals surface area contributed by atoms with Crippen LogP contribution in [0.5, 0.6) is 0 Å². The number of rotatable bonds is 2. The van der Waals surface area contributed by atoms with Gasteiger partial charge >= 0.3 is 11.9 Å². The highest BCUT2D eigenvalue weighted by Gasteiger charge is 2.72. The fourth-order valence-corrected chi connectivity index (χ4v) is 12.4. The van der Waals surface area contributed by atoms with Gasteiger partial charge in [0.1, 0.15) is 12.2 Å². The Hall–Kier alpha value is -1.10. The maximum Gasteiger partial charge on any atom is 0.302 e. The highest BCUT2D eigenvalue weighted by Crippen LogP contribution is 2.77. The maximum absolute atomic E-state index is 12.5. The van der Waals surface area contributed by atoms with Gasteiger partial charge in [0.05, 0.1) is 5.60 Å². The van der Waals surface area contributed by atoms with Crippen molar-refractivity contribution in [3.8, 4) is 0 Å². The van der Waals surface area contributed by atoms with Gasteiger partial charge in [-0.15, -0.1) is 0 Å². The molecule has 5 heteroatoms. The number of hydrogen-bond acceptors (Lipinski definition) is 5. The predicted molar refractivity (Wildman–Crippen MR) is 153 cm³/mol. The summed E-state index contributed by atoms with van der Waals surface area (Å²) in [6.45, 7) is 22.1. The van der Waals surface area contributed by atoms with E-state index in [1.54, 1.807) is 13.8 Å². The molecule has 12 atom stereocenters. The minimum Gasteiger partial charge on any atom is -0.462 e. The third-order valence-electron chi connectivity index (χ3n) is 14.7. The van der Waals surface area contributed by atoms with Crippen molar-refractivity contribution in [2.24, 2.45) is 56.7 Å². The summed E-state index contributed by atoms with van der Waals surface area (Å²) in [5.41, 5.74) is -0.529. The first kappa shape index (κ1) is 29.4. The monoisotopic (exact) mass is 544 g/mol. The lowest BCUT2D eigenvalue weighted by atomic mass is 9.31. The molecule has 0 radical (unpaired) electrons. The first-order chi connectivity index (χ1) is 17.8. The third kappa shape index (κ3) is 3.93. The van der Waals surface area contributed by atoms with Crippen molar-refractivity contribution in [2.45, 2.75) is 145 Å². The quantitative estimate of drug-likeness (QED) is 0.368. The number of carbonyl (C=O) groups is 2. The lowest BCUT2D eigenvalue weighted by Gasteiger charge is -2.74. The van der Waals surface area contributed by atoms with Gasteiger partial charge in [0.25, 0.3) is 0 Å². The van der Waals surface area contributed by atoms with Gasteiger partial charge in [-0.05, 0) is 111 Å². The molecule has 5 aliphatic carbocycles. The van der Waals surface area contributed by atoms with E-state index in [9.17, 15) is 14.7 Å². The maximum atomic E-state index is 12.5. The molecule has 0 aromatic rings. The van der Waals surface area contributed by atoms with Gasteiger partial charge in [0.2, 0.25) is 0 Å². The molecule has 1 N–H and O–H groups in total. The predicted octanol–water partition coefficient (Wildman–Crippen LogP) is 7.33. The van der Waals surface area contributed by atoms with Crippen LogP contribution in [0.15, 0.2) is 0 Å². The van der Waals surface area contributed by atoms with E-state index >= 15 is 0 Å². The largest absolute Gasteiger partial charge is 0.462 e. The summed E-state index contributed by atoms with van der Waals surface area (Å²) in [4.78, 5) is 24.4. The molecule has 0 amide bonds. The zero-order valence-corrected chi connectivity index (χ0v) is 26.5. The van der Waals surface area contributed by atoms with Crippen LogP contribution in [-0.2, 0) is 19.1 Å². The molecule has 0 aromatic heterocycles. The molecule has 3 unspecified atom stereocenters. The number of esters is 2. The molecule has 5 rings (SSSR count). The molecular formula is C34H56O5. The van der Waals surface area contributed by atoms with E-state index < -0.39 is 5.60 Å². The van der Waals surface area contributed by atoms with Crippen LogP contribution in [-0.4, -0.2) is 34.9 Å². The van der Waals surface area contributed by atoms with Gasteiger partial charge in [0.15, 0.2) is 0 Å². The number of fused-ring (bicyclic) bond motifs is 7. The minimum atomic E-state index is -0.691. The van der Waals surface area contributed by atoms with Crippen molar-refractivity contribution in [1.29, 1.82) is 0 Å². The summed E-state index contributed by atoms with van der Waals surface area (Å²) in [6.07, 6.45) is 9.20. The molecule has 39 heavy (non-hydrogen) atoms. The van der Waals surface area contributed by atoms with E-state index in [0.29, 0.717) is 23.7 Å². The minimum absolute atomic E-state index is 0.0154. The fourth-order valence-electron chi connectivity index (χ4n) is 12.4. The van der Waals surface area contributed by atoms with E-state index in [4.69, 9.17) is 9.47 Å². The van der Waals surface area contributed by atoms with Crippen molar-refractivity contribution in [3.05, 3.63) is 0 Å². The van der Waals surface area contributed by atoms with Gasteiger partial charge in [-0.1, -0.05) is 48.5 Å². The Morgan fingerprint density at radius 2 is 1.31 bits per heavy atom. The SMILES string of the molecule is CC(=O)O[C@H]1CC[C@]2(C)C3CCC4C5[C@H](C)[C@](C)(O)CC[C@]5(C)[C@@H](OC(C)=O)C[C@@]4(C)[C@]3(C)CC[C@H]2C1(C)C. The van der Waals surface area contributed by atoms with Crippen LogP contribution in [0, 0.1) is 56.7 Å². The average Bonchev–Trinajstić information content (AvgIpc) is 2.80. The van der Waals surface area contributed by atoms with Crippen LogP contribution >= 0.6 is 0 Å². The summed E-state index contributed by atoms with van der Waals surface area (Å²) in [7, 11) is 0. The molecule has 0 spiro atoms. The Morgan fingerprint density at radius 3 is 1.92 bits per heavy atom. The van der Waals surface area contributed by atoms with E-state index in [2.05, 4.69) is 48.5 Å². The van der Waals surface area contributed by atoms with E-state index in [0.717, 1.165) is 44.9 Å². The van der Waals surface area contributed by atoms with Crippen molar-refractivity contribution < 1.29 is 24.2 Å². The second kappa shape index (κ2) is 8.95. The molecule has 5 nitrogen and oxygen atoms in total. The van der Waals surface area contributed by atoms with Gasteiger partial charge in [-0.2, -0.15) is 0 Å². The molecule has 5 fully saturated rings. The summed E-state index contributed by atoms with van der Waals surface area (Å²) in [5.74, 6) is 1.73. The normalized spacial score (nSPS) is 54.3. The van der Waals surface area contributed by atoms with Crippen LogP contribution < -0.4 is 0 Å². The van der Waals surface area contributed by atoms with Crippen molar-refractivity contribution in [2.75, 3.05) is 0 Å². The summed E-state index contributed by atoms with van der Waals surface area (Å²) in [5, 5.41) is 11.5. The van der Waals surface area contributed by atoms with Crippen LogP contribution in [0.1, 0.15) is 127 Å². The Morgan fingerprint density at radius 1 is 0.692 bits per heavy atom. The summed E-state index contributed by atoms with van der Waals surface area (Å²) in [6, 6.07) is 0. The van der Waals surface area contributed by atoms with Crippen LogP contribution in [0.25, 0.3) is 0 Å². The Bertz CT molecular complexity index is 1020. The van der Waals surface area contributed by atoms with Crippen molar-refractivity contribution in [3.63, 3.8) is 0 Å². The lowest BCUT2D eigenvalue weighted by molar-refractivity contribution is -0.286. The fraction of sp³-hybridized carbons (Fsp3) is 0.941. The Labute approximate surface area is 237 Å². The third-order valence-corrected chi connectivity index (χ3v) is 14.7. The van der Waals surface area contributed by atoms with Crippen LogP contribution in [0.2, 0.25) is 0 Å². The molecular weight excluding hydrogens is 488 g/mol. The number of carbonyl (C=O) groups excluding carboxylic acids is 2. The Balaban J connectivity index is 1.56. The molecule has 0 bridgehead atoms. The second-order valence-electron chi connectivity index (χ2n) is 16.6. The van der Waals surface area contributed by atoms with E-state index in [1.807, 2.05) is 6.92 Å². The summed E-state index contributed by atoms with van der Waals surface area (Å²) >= 11 is 0. The van der Waals surface area contributed by atoms with E-state index in [-0.39, 0.29) is 57.1 Å². The molecule has 5 saturated carbocycles. The Kier molecular flexibility index (Phi) is 6.74. The standard InChI is InChI=1S/C34H56O5/c1-20-28-23-11-12-25-30(6)15-14-26(38-21(2)35)29(4,5)24(30)13-16-32(25,8)33(23,9)19-27(39-22(3)36)31(28,7)17-18-34(20,10)37/h20,23-28,37H,11-19H2,1-10H3/t20-,23?,24-,25?,26-,27-,28?,30-,31+,32+,33+,34+/m0/s1. The van der Waals surface area contributed by atoms with Gasteiger partial charge in [0, 0.05) is 24.7 Å². The first-order valence-electron chi connectivity index (χ1n) is 15.9. The molecule has 0 aliphatic heterocycles.